The van der Waals surface area contributed by atoms with Gasteiger partial charge in [-0.2, -0.15) is 0 Å². The van der Waals surface area contributed by atoms with Crippen molar-refractivity contribution in [2.75, 3.05) is 0 Å². The molecule has 0 amide bonds. The number of allylic oxidation sites excluding steroid dienone is 4. The fourth-order valence-electron chi connectivity index (χ4n) is 8.31. The van der Waals surface area contributed by atoms with Gasteiger partial charge in [0.25, 0.3) is 0 Å². The van der Waals surface area contributed by atoms with Crippen molar-refractivity contribution < 1.29 is 42.2 Å². The second-order valence-corrected chi connectivity index (χ2v) is 16.6. The van der Waals surface area contributed by atoms with E-state index >= 15 is 0 Å². The van der Waals surface area contributed by atoms with Gasteiger partial charge in [-0.15, -0.1) is 0 Å². The van der Waals surface area contributed by atoms with Gasteiger partial charge in [-0.3, -0.25) is 0 Å². The molecule has 0 saturated heterocycles. The normalized spacial score (nSPS) is 21.2. The maximum atomic E-state index is 2.69. The molecule has 2 aromatic rings. The average Bonchev–Trinajstić information content (AvgIpc) is 3.72. The molecule has 3 fully saturated rings. The molecular weight excluding hydrogens is 539 g/mol. The van der Waals surface area contributed by atoms with Crippen LogP contribution in [0.15, 0.2) is 58.5 Å². The molecule has 0 radical (unpaired) electrons. The van der Waals surface area contributed by atoms with Gasteiger partial charge in [0, 0.05) is 0 Å². The van der Waals surface area contributed by atoms with Crippen LogP contribution < -0.4 is 24.8 Å². The van der Waals surface area contributed by atoms with E-state index in [9.17, 15) is 0 Å². The molecule has 3 saturated carbocycles. The maximum Gasteiger partial charge on any atom is -1.00 e. The van der Waals surface area contributed by atoms with E-state index in [1.54, 1.807) is 33.4 Å². The molecule has 5 aliphatic rings. The summed E-state index contributed by atoms with van der Waals surface area (Å²) in [5, 5.41) is 0. The summed E-state index contributed by atoms with van der Waals surface area (Å²) in [7, 11) is 0. The minimum atomic E-state index is -1.62. The molecule has 0 aromatic heterocycles. The number of rotatable bonds is 4. The average molecular weight is 581 g/mol. The van der Waals surface area contributed by atoms with Crippen LogP contribution in [0.4, 0.5) is 0 Å². The van der Waals surface area contributed by atoms with Gasteiger partial charge < -0.3 is 24.8 Å². The van der Waals surface area contributed by atoms with Crippen molar-refractivity contribution in [3.8, 4) is 11.1 Å². The third-order valence-corrected chi connectivity index (χ3v) is 15.7. The summed E-state index contributed by atoms with van der Waals surface area (Å²) in [6, 6.07) is 15.7. The molecule has 5 aliphatic carbocycles. The van der Waals surface area contributed by atoms with Crippen LogP contribution in [0.5, 0.6) is 0 Å². The van der Waals surface area contributed by atoms with Crippen molar-refractivity contribution in [2.24, 2.45) is 0 Å². The van der Waals surface area contributed by atoms with Crippen LogP contribution in [0.3, 0.4) is 0 Å². The minimum absolute atomic E-state index is 0. The molecule has 0 nitrogen and oxygen atoms in total. The Morgan fingerprint density at radius 3 is 1.61 bits per heavy atom. The van der Waals surface area contributed by atoms with Crippen LogP contribution in [0.1, 0.15) is 135 Å². The Hall–Kier alpha value is -0.916. The molecule has 0 atom stereocenters. The van der Waals surface area contributed by atoms with E-state index in [1.165, 1.54) is 96.3 Å². The number of halogens is 2. The summed E-state index contributed by atoms with van der Waals surface area (Å²) < 4.78 is 4.51. The van der Waals surface area contributed by atoms with Crippen LogP contribution in [-0.4, -0.2) is 3.81 Å². The predicted molar refractivity (Wildman–Crippen MR) is 151 cm³/mol. The first-order valence-corrected chi connectivity index (χ1v) is 17.7. The van der Waals surface area contributed by atoms with Gasteiger partial charge in [-0.05, 0) is 0 Å². The van der Waals surface area contributed by atoms with E-state index in [0.29, 0.717) is 4.22 Å². The third-order valence-electron chi connectivity index (χ3n) is 10.2. The van der Waals surface area contributed by atoms with Crippen molar-refractivity contribution in [3.63, 3.8) is 0 Å². The molecule has 0 N–H and O–H groups in total. The summed E-state index contributed by atoms with van der Waals surface area (Å²) >= 11 is -1.62. The second-order valence-electron chi connectivity index (χ2n) is 12.3. The maximum absolute atomic E-state index is 2.69. The first-order valence-electron chi connectivity index (χ1n) is 15.2. The summed E-state index contributed by atoms with van der Waals surface area (Å²) in [4.78, 5) is 0. The summed E-state index contributed by atoms with van der Waals surface area (Å²) in [6.07, 6.45) is 28.4. The van der Waals surface area contributed by atoms with Gasteiger partial charge >= 0.3 is 225 Å². The number of hydrogen-bond donors (Lipinski definition) is 0. The van der Waals surface area contributed by atoms with Crippen LogP contribution in [0, 0.1) is 0 Å². The van der Waals surface area contributed by atoms with E-state index in [0.717, 1.165) is 11.8 Å². The van der Waals surface area contributed by atoms with Gasteiger partial charge in [0.2, 0.25) is 0 Å². The van der Waals surface area contributed by atoms with Crippen molar-refractivity contribution in [2.45, 2.75) is 112 Å². The molecule has 7 rings (SSSR count). The zero-order valence-electron chi connectivity index (χ0n) is 22.8. The monoisotopic (exact) mass is 580 g/mol. The Morgan fingerprint density at radius 2 is 1.13 bits per heavy atom. The molecule has 2 aromatic carbocycles. The SMILES string of the molecule is C1=CC[C]([Ti+2](=[C]2CCCC2)[CH]2c3ccc(C4CCCCC4)cc3-c3cc(C4CCCCC4)ccc32)=C1.[Cl-].[Cl-]. The third kappa shape index (κ3) is 5.37. The zero-order chi connectivity index (χ0) is 23.9. The van der Waals surface area contributed by atoms with Gasteiger partial charge in [-0.1, -0.05) is 0 Å². The molecule has 38 heavy (non-hydrogen) atoms. The Bertz CT molecular complexity index is 1170. The van der Waals surface area contributed by atoms with Gasteiger partial charge in [0.05, 0.1) is 0 Å². The van der Waals surface area contributed by atoms with E-state index in [4.69, 9.17) is 0 Å². The Kier molecular flexibility index (Phi) is 9.58. The molecule has 0 aliphatic heterocycles. The first-order chi connectivity index (χ1) is 17.9. The van der Waals surface area contributed by atoms with Gasteiger partial charge in [0.15, 0.2) is 0 Å². The van der Waals surface area contributed by atoms with Crippen molar-refractivity contribution >= 4 is 3.81 Å². The fraction of sp³-hybridized carbons (Fsp3) is 0.514. The van der Waals surface area contributed by atoms with E-state index in [2.05, 4.69) is 54.6 Å². The molecule has 0 unspecified atom stereocenters. The Balaban J connectivity index is 0.00000147. The zero-order valence-corrected chi connectivity index (χ0v) is 25.9. The molecule has 200 valence electrons. The minimum Gasteiger partial charge on any atom is -1.00 e. The van der Waals surface area contributed by atoms with Crippen molar-refractivity contribution in [1.29, 1.82) is 0 Å². The van der Waals surface area contributed by atoms with E-state index in [1.807, 2.05) is 7.69 Å². The summed E-state index contributed by atoms with van der Waals surface area (Å²) in [5.74, 6) is 1.57. The van der Waals surface area contributed by atoms with Crippen LogP contribution >= 0.6 is 0 Å². The topological polar surface area (TPSA) is 0 Å². The molecule has 3 heteroatoms. The second kappa shape index (κ2) is 12.7. The van der Waals surface area contributed by atoms with Gasteiger partial charge in [0.1, 0.15) is 0 Å². The molecule has 0 bridgehead atoms. The van der Waals surface area contributed by atoms with Crippen LogP contribution in [0.2, 0.25) is 0 Å². The quantitative estimate of drug-likeness (QED) is 0.478. The Morgan fingerprint density at radius 1 is 0.605 bits per heavy atom. The van der Waals surface area contributed by atoms with E-state index in [-0.39, 0.29) is 24.8 Å². The number of hydrogen-bond acceptors (Lipinski definition) is 0. The predicted octanol–water partition coefficient (Wildman–Crippen LogP) is 4.07. The fourth-order valence-corrected chi connectivity index (χ4v) is 14.3. The van der Waals surface area contributed by atoms with E-state index < -0.39 is 17.4 Å². The number of fused-ring (bicyclic) bond motifs is 3. The van der Waals surface area contributed by atoms with Crippen molar-refractivity contribution in [3.05, 3.63) is 80.8 Å². The molecular formula is C35H42Cl2Ti. The molecule has 0 spiro atoms. The summed E-state index contributed by atoms with van der Waals surface area (Å²) in [6.45, 7) is 0. The molecule has 0 heterocycles. The van der Waals surface area contributed by atoms with Crippen LogP contribution in [-0.2, 0) is 17.4 Å². The largest absolute Gasteiger partial charge is 1.00 e. The standard InChI is InChI=1S/C25H29.C5H8.C5H5.2ClH.Ti/c1-3-7-18(8-4-1)20-11-13-22-15-23-14-12-21(17-25(23)24(22)16-20)19-9-5-2-6-10-19;2*1-2-4-5-3-1;;;/h11-19H,1-10H2;1-4H2;1-3H,4H2;2*1H;/q;;;;;+2/p-2. The van der Waals surface area contributed by atoms with Gasteiger partial charge in [-0.25, -0.2) is 0 Å². The first kappa shape index (κ1) is 28.6. The number of benzene rings is 2. The summed E-state index contributed by atoms with van der Waals surface area (Å²) in [5.41, 5.74) is 9.94. The Labute approximate surface area is 248 Å². The smallest absolute Gasteiger partial charge is 1.00 e. The van der Waals surface area contributed by atoms with Crippen LogP contribution in [0.25, 0.3) is 11.1 Å². The van der Waals surface area contributed by atoms with Crippen molar-refractivity contribution in [1.82, 2.24) is 0 Å².